The smallest absolute Gasteiger partial charge is 0.222 e. The van der Waals surface area contributed by atoms with Gasteiger partial charge in [0.05, 0.1) is 0 Å². The quantitative estimate of drug-likeness (QED) is 0.732. The number of aliphatic hydroxyl groups excluding tert-OH is 1. The van der Waals surface area contributed by atoms with Crippen molar-refractivity contribution >= 4 is 30.7 Å². The number of piperidine rings is 1. The predicted octanol–water partition coefficient (Wildman–Crippen LogP) is 1.52. The normalized spacial score (nSPS) is 25.7. The minimum absolute atomic E-state index is 0. The van der Waals surface area contributed by atoms with Crippen LogP contribution in [0.3, 0.4) is 0 Å². The molecule has 3 aliphatic rings. The van der Waals surface area contributed by atoms with E-state index < -0.39 is 0 Å². The Morgan fingerprint density at radius 2 is 1.75 bits per heavy atom. The summed E-state index contributed by atoms with van der Waals surface area (Å²) in [6, 6.07) is 0.358. The van der Waals surface area contributed by atoms with Gasteiger partial charge in [-0.3, -0.25) is 9.69 Å². The molecular weight excluding hydrogens is 349 g/mol. The van der Waals surface area contributed by atoms with Crippen LogP contribution in [0.4, 0.5) is 0 Å². The maximum atomic E-state index is 12.6. The van der Waals surface area contributed by atoms with Gasteiger partial charge in [-0.05, 0) is 57.0 Å². The highest BCUT2D eigenvalue weighted by molar-refractivity contribution is 5.85. The summed E-state index contributed by atoms with van der Waals surface area (Å²) in [5.41, 5.74) is 0. The van der Waals surface area contributed by atoms with Crippen LogP contribution in [0.15, 0.2) is 0 Å². The number of nitrogens with one attached hydrogen (secondary N) is 1. The maximum absolute atomic E-state index is 12.6. The lowest BCUT2D eigenvalue weighted by Gasteiger charge is -2.42. The van der Waals surface area contributed by atoms with Crippen LogP contribution in [0.5, 0.6) is 0 Å². The van der Waals surface area contributed by atoms with Gasteiger partial charge >= 0.3 is 0 Å². The second-order valence-electron chi connectivity index (χ2n) is 7.34. The fourth-order valence-electron chi connectivity index (χ4n) is 3.88. The average molecular weight is 382 g/mol. The molecule has 0 spiro atoms. The number of nitrogens with zero attached hydrogens (tertiary/aromatic N) is 2. The lowest BCUT2D eigenvalue weighted by Crippen LogP contribution is -2.55. The number of piperazine rings is 1. The van der Waals surface area contributed by atoms with Crippen molar-refractivity contribution in [3.05, 3.63) is 0 Å². The lowest BCUT2D eigenvalue weighted by molar-refractivity contribution is -0.135. The zero-order valence-electron chi connectivity index (χ0n) is 14.5. The minimum Gasteiger partial charge on any atom is -0.396 e. The third kappa shape index (κ3) is 6.34. The molecule has 7 heteroatoms. The van der Waals surface area contributed by atoms with Gasteiger partial charge in [-0.1, -0.05) is 0 Å². The molecule has 0 aromatic rings. The van der Waals surface area contributed by atoms with Gasteiger partial charge in [0.15, 0.2) is 0 Å². The van der Waals surface area contributed by atoms with Crippen molar-refractivity contribution in [2.75, 3.05) is 45.9 Å². The molecule has 2 heterocycles. The molecule has 1 unspecified atom stereocenters. The van der Waals surface area contributed by atoms with E-state index in [0.717, 1.165) is 64.3 Å². The highest BCUT2D eigenvalue weighted by Crippen LogP contribution is 2.31. The zero-order chi connectivity index (χ0) is 15.4. The largest absolute Gasteiger partial charge is 0.396 e. The molecule has 3 fully saturated rings. The fraction of sp³-hybridized carbons (Fsp3) is 0.941. The van der Waals surface area contributed by atoms with Crippen molar-refractivity contribution in [1.29, 1.82) is 0 Å². The first-order valence-electron chi connectivity index (χ1n) is 9.09. The van der Waals surface area contributed by atoms with Gasteiger partial charge in [-0.25, -0.2) is 0 Å². The van der Waals surface area contributed by atoms with Crippen LogP contribution in [-0.4, -0.2) is 72.7 Å². The number of hydrogen-bond donors (Lipinski definition) is 2. The van der Waals surface area contributed by atoms with Crippen molar-refractivity contribution in [3.8, 4) is 0 Å². The number of amides is 1. The molecule has 1 amide bonds. The van der Waals surface area contributed by atoms with E-state index in [1.807, 2.05) is 0 Å². The summed E-state index contributed by atoms with van der Waals surface area (Å²) in [4.78, 5) is 17.2. The number of carbonyl (C=O) groups is 1. The fourth-order valence-corrected chi connectivity index (χ4v) is 3.88. The molecule has 0 aromatic carbocycles. The molecular formula is C17H33Cl2N3O2. The van der Waals surface area contributed by atoms with Gasteiger partial charge in [0.25, 0.3) is 0 Å². The Bertz CT molecular complexity index is 377. The Kier molecular flexibility index (Phi) is 9.90. The van der Waals surface area contributed by atoms with Crippen LogP contribution in [0, 0.1) is 11.8 Å². The van der Waals surface area contributed by atoms with Crippen LogP contribution < -0.4 is 5.32 Å². The third-order valence-corrected chi connectivity index (χ3v) is 5.53. The molecule has 142 valence electrons. The Balaban J connectivity index is 0.00000144. The second-order valence-corrected chi connectivity index (χ2v) is 7.34. The van der Waals surface area contributed by atoms with E-state index in [1.165, 1.54) is 19.4 Å². The van der Waals surface area contributed by atoms with E-state index in [0.29, 0.717) is 17.9 Å². The van der Waals surface area contributed by atoms with E-state index in [1.54, 1.807) is 0 Å². The van der Waals surface area contributed by atoms with Crippen LogP contribution in [0.2, 0.25) is 0 Å². The molecule has 24 heavy (non-hydrogen) atoms. The zero-order valence-corrected chi connectivity index (χ0v) is 16.1. The third-order valence-electron chi connectivity index (χ3n) is 5.53. The van der Waals surface area contributed by atoms with Gasteiger partial charge in [0, 0.05) is 45.2 Å². The molecule has 3 rings (SSSR count). The van der Waals surface area contributed by atoms with Gasteiger partial charge in [-0.15, -0.1) is 24.8 Å². The summed E-state index contributed by atoms with van der Waals surface area (Å²) in [6.07, 6.45) is 6.50. The van der Waals surface area contributed by atoms with Crippen LogP contribution in [0.1, 0.15) is 38.5 Å². The van der Waals surface area contributed by atoms with Gasteiger partial charge in [-0.2, -0.15) is 0 Å². The lowest BCUT2D eigenvalue weighted by atomic mass is 9.93. The van der Waals surface area contributed by atoms with Crippen LogP contribution in [-0.2, 0) is 4.79 Å². The molecule has 5 nitrogen and oxygen atoms in total. The van der Waals surface area contributed by atoms with Crippen LogP contribution >= 0.6 is 24.8 Å². The predicted molar refractivity (Wildman–Crippen MR) is 101 cm³/mol. The van der Waals surface area contributed by atoms with E-state index >= 15 is 0 Å². The average Bonchev–Trinajstić information content (AvgIpc) is 3.34. The van der Waals surface area contributed by atoms with Crippen molar-refractivity contribution in [1.82, 2.24) is 15.1 Å². The Morgan fingerprint density at radius 1 is 1.04 bits per heavy atom. The van der Waals surface area contributed by atoms with Crippen molar-refractivity contribution in [2.24, 2.45) is 11.8 Å². The van der Waals surface area contributed by atoms with Gasteiger partial charge in [0.2, 0.25) is 5.91 Å². The van der Waals surface area contributed by atoms with Crippen molar-refractivity contribution in [3.63, 3.8) is 0 Å². The SMILES string of the molecule is Cl.Cl.O=C(CC1CCNCC1)N1CCN(CC2CC2)C(CCO)C1. The summed E-state index contributed by atoms with van der Waals surface area (Å²) in [7, 11) is 0. The Hall–Kier alpha value is -0.0700. The molecule has 2 saturated heterocycles. The topological polar surface area (TPSA) is 55.8 Å². The highest BCUT2D eigenvalue weighted by Gasteiger charge is 2.33. The molecule has 0 radical (unpaired) electrons. The van der Waals surface area contributed by atoms with Gasteiger partial charge < -0.3 is 15.3 Å². The van der Waals surface area contributed by atoms with Gasteiger partial charge in [0.1, 0.15) is 0 Å². The van der Waals surface area contributed by atoms with E-state index in [-0.39, 0.29) is 31.4 Å². The number of rotatable bonds is 6. The van der Waals surface area contributed by atoms with Crippen LogP contribution in [0.25, 0.3) is 0 Å². The second kappa shape index (κ2) is 10.8. The first-order chi connectivity index (χ1) is 10.8. The molecule has 0 aromatic heterocycles. The number of carbonyl (C=O) groups excluding carboxylic acids is 1. The van der Waals surface area contributed by atoms with E-state index in [2.05, 4.69) is 15.1 Å². The summed E-state index contributed by atoms with van der Waals surface area (Å²) in [5.74, 6) is 1.77. The molecule has 1 atom stereocenters. The first kappa shape index (κ1) is 22.0. The molecule has 1 saturated carbocycles. The van der Waals surface area contributed by atoms with Crippen molar-refractivity contribution in [2.45, 2.75) is 44.6 Å². The first-order valence-corrected chi connectivity index (χ1v) is 9.09. The summed E-state index contributed by atoms with van der Waals surface area (Å²) in [6.45, 7) is 6.18. The molecule has 1 aliphatic carbocycles. The number of hydrogen-bond acceptors (Lipinski definition) is 4. The Morgan fingerprint density at radius 3 is 2.38 bits per heavy atom. The summed E-state index contributed by atoms with van der Waals surface area (Å²) >= 11 is 0. The summed E-state index contributed by atoms with van der Waals surface area (Å²) < 4.78 is 0. The Labute approximate surface area is 158 Å². The monoisotopic (exact) mass is 381 g/mol. The minimum atomic E-state index is 0. The molecule has 0 bridgehead atoms. The summed E-state index contributed by atoms with van der Waals surface area (Å²) in [5, 5.41) is 12.7. The van der Waals surface area contributed by atoms with Crippen molar-refractivity contribution < 1.29 is 9.90 Å². The van der Waals surface area contributed by atoms with E-state index in [4.69, 9.17) is 0 Å². The number of halogens is 2. The molecule has 2 aliphatic heterocycles. The highest BCUT2D eigenvalue weighted by atomic mass is 35.5. The van der Waals surface area contributed by atoms with E-state index in [9.17, 15) is 9.90 Å². The molecule has 2 N–H and O–H groups in total. The maximum Gasteiger partial charge on any atom is 0.222 e. The number of aliphatic hydroxyl groups is 1. The standard InChI is InChI=1S/C17H31N3O2.2ClH/c21-10-5-16-13-20(9-8-19(16)12-15-1-2-15)17(22)11-14-3-6-18-7-4-14;;/h14-16,18,21H,1-13H2;2*1H.